The number of carbonyl (C=O) groups excluding carboxylic acids is 1. The van der Waals surface area contributed by atoms with Gasteiger partial charge in [0.1, 0.15) is 11.3 Å². The van der Waals surface area contributed by atoms with Gasteiger partial charge in [-0.1, -0.05) is 6.07 Å². The van der Waals surface area contributed by atoms with Crippen LogP contribution in [0.5, 0.6) is 5.75 Å². The number of aromatic hydroxyl groups is 1. The van der Waals surface area contributed by atoms with Crippen LogP contribution in [0.2, 0.25) is 0 Å². The van der Waals surface area contributed by atoms with Gasteiger partial charge in [-0.25, -0.2) is 4.79 Å². The normalized spacial score (nSPS) is 10.5. The van der Waals surface area contributed by atoms with Crippen molar-refractivity contribution >= 4 is 11.5 Å². The van der Waals surface area contributed by atoms with Gasteiger partial charge in [0, 0.05) is 6.20 Å². The second kappa shape index (κ2) is 3.93. The molecule has 0 aliphatic rings. The van der Waals surface area contributed by atoms with E-state index >= 15 is 0 Å². The molecular weight excluding hydrogens is 222 g/mol. The van der Waals surface area contributed by atoms with Crippen molar-refractivity contribution < 1.29 is 14.6 Å². The van der Waals surface area contributed by atoms with Gasteiger partial charge in [-0.3, -0.25) is 9.20 Å². The van der Waals surface area contributed by atoms with Crippen molar-refractivity contribution in [2.75, 3.05) is 7.11 Å². The van der Waals surface area contributed by atoms with Gasteiger partial charge in [0.25, 0.3) is 5.56 Å². The smallest absolute Gasteiger partial charge is 0.343 e. The van der Waals surface area contributed by atoms with Crippen LogP contribution in [0.25, 0.3) is 5.52 Å². The monoisotopic (exact) mass is 233 g/mol. The minimum absolute atomic E-state index is 0.00481. The fourth-order valence-corrected chi connectivity index (χ4v) is 1.72. The first kappa shape index (κ1) is 11.2. The van der Waals surface area contributed by atoms with Crippen molar-refractivity contribution in [2.24, 2.45) is 0 Å². The van der Waals surface area contributed by atoms with Crippen molar-refractivity contribution in [3.05, 3.63) is 45.9 Å². The molecule has 0 spiro atoms. The predicted molar refractivity (Wildman–Crippen MR) is 61.4 cm³/mol. The lowest BCUT2D eigenvalue weighted by atomic mass is 10.1. The number of rotatable bonds is 1. The number of hydrogen-bond acceptors (Lipinski definition) is 4. The van der Waals surface area contributed by atoms with Crippen LogP contribution in [0.3, 0.4) is 0 Å². The molecule has 0 radical (unpaired) electrons. The van der Waals surface area contributed by atoms with Crippen LogP contribution in [0.4, 0.5) is 0 Å². The number of aromatic nitrogens is 1. The Morgan fingerprint density at radius 2 is 2.12 bits per heavy atom. The summed E-state index contributed by atoms with van der Waals surface area (Å²) < 4.78 is 5.91. The molecule has 0 bridgehead atoms. The zero-order valence-electron chi connectivity index (χ0n) is 9.43. The first-order chi connectivity index (χ1) is 8.07. The van der Waals surface area contributed by atoms with E-state index in [0.717, 1.165) is 0 Å². The van der Waals surface area contributed by atoms with E-state index in [4.69, 9.17) is 0 Å². The molecule has 0 saturated carbocycles. The SMILES string of the molecule is COC(=O)c1c(O)c(C)c(=O)n2ccccc12. The largest absolute Gasteiger partial charge is 0.506 e. The first-order valence-corrected chi connectivity index (χ1v) is 4.99. The fraction of sp³-hybridized carbons (Fsp3) is 0.167. The lowest BCUT2D eigenvalue weighted by Crippen LogP contribution is -2.19. The van der Waals surface area contributed by atoms with Gasteiger partial charge in [0.15, 0.2) is 0 Å². The van der Waals surface area contributed by atoms with Crippen molar-refractivity contribution in [3.63, 3.8) is 0 Å². The highest BCUT2D eigenvalue weighted by Crippen LogP contribution is 2.24. The molecule has 0 amide bonds. The summed E-state index contributed by atoms with van der Waals surface area (Å²) in [6.45, 7) is 1.46. The number of methoxy groups -OCH3 is 1. The molecule has 0 atom stereocenters. The van der Waals surface area contributed by atoms with E-state index in [-0.39, 0.29) is 22.4 Å². The Kier molecular flexibility index (Phi) is 2.59. The van der Waals surface area contributed by atoms with E-state index in [2.05, 4.69) is 4.74 Å². The summed E-state index contributed by atoms with van der Waals surface area (Å²) in [5, 5.41) is 9.86. The molecule has 0 saturated heterocycles. The molecular formula is C12H11NO4. The maximum absolute atomic E-state index is 11.9. The maximum atomic E-state index is 11.9. The number of hydrogen-bond donors (Lipinski definition) is 1. The van der Waals surface area contributed by atoms with Crippen LogP contribution in [0.1, 0.15) is 15.9 Å². The van der Waals surface area contributed by atoms with Gasteiger partial charge < -0.3 is 9.84 Å². The van der Waals surface area contributed by atoms with E-state index in [9.17, 15) is 14.7 Å². The number of esters is 1. The van der Waals surface area contributed by atoms with Crippen molar-refractivity contribution in [1.29, 1.82) is 0 Å². The third-order valence-electron chi connectivity index (χ3n) is 2.64. The fourth-order valence-electron chi connectivity index (χ4n) is 1.72. The number of nitrogens with zero attached hydrogens (tertiary/aromatic N) is 1. The highest BCUT2D eigenvalue weighted by atomic mass is 16.5. The Balaban J connectivity index is 3.01. The molecule has 2 aromatic heterocycles. The summed E-state index contributed by atoms with van der Waals surface area (Å²) in [7, 11) is 1.22. The molecule has 5 nitrogen and oxygen atoms in total. The average Bonchev–Trinajstić information content (AvgIpc) is 2.36. The van der Waals surface area contributed by atoms with Crippen molar-refractivity contribution in [3.8, 4) is 5.75 Å². The summed E-state index contributed by atoms with van der Waals surface area (Å²) in [6, 6.07) is 4.93. The Labute approximate surface area is 96.9 Å². The van der Waals surface area contributed by atoms with E-state index in [1.807, 2.05) is 0 Å². The molecule has 0 aliphatic carbocycles. The Morgan fingerprint density at radius 3 is 2.76 bits per heavy atom. The van der Waals surface area contributed by atoms with E-state index < -0.39 is 5.97 Å². The van der Waals surface area contributed by atoms with Crippen LogP contribution in [0.15, 0.2) is 29.2 Å². The summed E-state index contributed by atoms with van der Waals surface area (Å²) >= 11 is 0. The third kappa shape index (κ3) is 1.56. The molecule has 2 rings (SSSR count). The molecule has 17 heavy (non-hydrogen) atoms. The molecule has 88 valence electrons. The van der Waals surface area contributed by atoms with Gasteiger partial charge >= 0.3 is 5.97 Å². The van der Waals surface area contributed by atoms with E-state index in [1.54, 1.807) is 18.2 Å². The minimum Gasteiger partial charge on any atom is -0.506 e. The van der Waals surface area contributed by atoms with E-state index in [1.165, 1.54) is 24.6 Å². The number of pyridine rings is 2. The van der Waals surface area contributed by atoms with Gasteiger partial charge in [0.2, 0.25) is 0 Å². The number of ether oxygens (including phenoxy) is 1. The molecule has 0 fully saturated rings. The van der Waals surface area contributed by atoms with Crippen LogP contribution >= 0.6 is 0 Å². The van der Waals surface area contributed by atoms with Crippen molar-refractivity contribution in [1.82, 2.24) is 4.40 Å². The summed E-state index contributed by atoms with van der Waals surface area (Å²) in [6.07, 6.45) is 1.54. The van der Waals surface area contributed by atoms with Crippen molar-refractivity contribution in [2.45, 2.75) is 6.92 Å². The first-order valence-electron chi connectivity index (χ1n) is 4.99. The molecule has 2 aromatic rings. The standard InChI is InChI=1S/C12H11NO4/c1-7-10(14)9(12(16)17-2)8-5-3-4-6-13(8)11(7)15/h3-6,14H,1-2H3. The highest BCUT2D eigenvalue weighted by Gasteiger charge is 2.20. The van der Waals surface area contributed by atoms with Crippen LogP contribution in [-0.2, 0) is 4.74 Å². The van der Waals surface area contributed by atoms with E-state index in [0.29, 0.717) is 5.52 Å². The van der Waals surface area contributed by atoms with Crippen LogP contribution in [0, 0.1) is 6.92 Å². The zero-order chi connectivity index (χ0) is 12.6. The summed E-state index contributed by atoms with van der Waals surface area (Å²) in [5.74, 6) is -0.998. The number of carbonyl (C=O) groups is 1. The molecule has 1 N–H and O–H groups in total. The zero-order valence-corrected chi connectivity index (χ0v) is 9.43. The topological polar surface area (TPSA) is 68.0 Å². The average molecular weight is 233 g/mol. The molecule has 0 unspecified atom stereocenters. The van der Waals surface area contributed by atoms with Gasteiger partial charge in [-0.15, -0.1) is 0 Å². The highest BCUT2D eigenvalue weighted by molar-refractivity contribution is 6.00. The third-order valence-corrected chi connectivity index (χ3v) is 2.64. The Hall–Kier alpha value is -2.30. The lowest BCUT2D eigenvalue weighted by Gasteiger charge is -2.10. The molecule has 5 heteroatoms. The quantitative estimate of drug-likeness (QED) is 0.749. The Morgan fingerprint density at radius 1 is 1.41 bits per heavy atom. The minimum atomic E-state index is -0.672. The molecule has 0 aliphatic heterocycles. The molecule has 2 heterocycles. The summed E-state index contributed by atoms with van der Waals surface area (Å²) in [5.41, 5.74) is 0.0949. The molecule has 0 aromatic carbocycles. The predicted octanol–water partition coefficient (Wildman–Crippen LogP) is 1.10. The summed E-state index contributed by atoms with van der Waals surface area (Å²) in [4.78, 5) is 23.5. The lowest BCUT2D eigenvalue weighted by molar-refractivity contribution is 0.0599. The van der Waals surface area contributed by atoms with Crippen LogP contribution in [-0.4, -0.2) is 22.6 Å². The van der Waals surface area contributed by atoms with Gasteiger partial charge in [0.05, 0.1) is 18.2 Å². The van der Waals surface area contributed by atoms with Gasteiger partial charge in [-0.2, -0.15) is 0 Å². The second-order valence-corrected chi connectivity index (χ2v) is 3.60. The maximum Gasteiger partial charge on any atom is 0.343 e. The second-order valence-electron chi connectivity index (χ2n) is 3.60. The number of fused-ring (bicyclic) bond motifs is 1. The van der Waals surface area contributed by atoms with Crippen LogP contribution < -0.4 is 5.56 Å². The van der Waals surface area contributed by atoms with Gasteiger partial charge in [-0.05, 0) is 19.1 Å². The Bertz CT molecular complexity index is 657.